The van der Waals surface area contributed by atoms with Crippen LogP contribution in [0.2, 0.25) is 0 Å². The zero-order valence-electron chi connectivity index (χ0n) is 9.53. The molecule has 1 aliphatic heterocycles. The molecule has 1 aromatic carbocycles. The fourth-order valence-corrected chi connectivity index (χ4v) is 1.86. The first-order chi connectivity index (χ1) is 7.75. The van der Waals surface area contributed by atoms with Gasteiger partial charge in [0.25, 0.3) is 0 Å². The summed E-state index contributed by atoms with van der Waals surface area (Å²) in [5.74, 6) is 1.55. The van der Waals surface area contributed by atoms with E-state index in [1.165, 1.54) is 6.42 Å². The van der Waals surface area contributed by atoms with E-state index in [9.17, 15) is 4.79 Å². The Kier molecular flexibility index (Phi) is 3.57. The molecule has 2 rings (SSSR count). The summed E-state index contributed by atoms with van der Waals surface area (Å²) in [7, 11) is 0. The van der Waals surface area contributed by atoms with Gasteiger partial charge in [0.15, 0.2) is 5.78 Å². The Bertz CT molecular complexity index is 353. The summed E-state index contributed by atoms with van der Waals surface area (Å²) >= 11 is 0. The zero-order valence-corrected chi connectivity index (χ0v) is 9.53. The molecular formula is C13H17NO2. The molecule has 1 aliphatic rings. The summed E-state index contributed by atoms with van der Waals surface area (Å²) < 4.78 is 5.67. The quantitative estimate of drug-likeness (QED) is 0.786. The molecule has 0 bridgehead atoms. The van der Waals surface area contributed by atoms with Gasteiger partial charge in [-0.2, -0.15) is 0 Å². The number of Topliss-reactive ketones (excluding diaryl/α,β-unsaturated/α-hetero) is 1. The highest BCUT2D eigenvalue weighted by Gasteiger charge is 2.14. The Labute approximate surface area is 95.8 Å². The lowest BCUT2D eigenvalue weighted by atomic mass is 10.1. The molecule has 0 spiro atoms. The molecule has 1 N–H and O–H groups in total. The van der Waals surface area contributed by atoms with Crippen molar-refractivity contribution in [2.75, 3.05) is 19.7 Å². The van der Waals surface area contributed by atoms with E-state index >= 15 is 0 Å². The Morgan fingerprint density at radius 1 is 1.44 bits per heavy atom. The molecule has 0 saturated carbocycles. The van der Waals surface area contributed by atoms with Crippen LogP contribution in [0.3, 0.4) is 0 Å². The van der Waals surface area contributed by atoms with Gasteiger partial charge in [-0.25, -0.2) is 0 Å². The van der Waals surface area contributed by atoms with Crippen LogP contribution >= 0.6 is 0 Å². The lowest BCUT2D eigenvalue weighted by Gasteiger charge is -2.10. The van der Waals surface area contributed by atoms with Crippen molar-refractivity contribution in [3.05, 3.63) is 29.8 Å². The van der Waals surface area contributed by atoms with Crippen LogP contribution in [0.1, 0.15) is 23.7 Å². The largest absolute Gasteiger partial charge is 0.493 e. The molecule has 0 unspecified atom stereocenters. The molecule has 0 amide bonds. The highest BCUT2D eigenvalue weighted by Crippen LogP contribution is 2.15. The Hall–Kier alpha value is -1.35. The van der Waals surface area contributed by atoms with E-state index in [1.54, 1.807) is 6.92 Å². The summed E-state index contributed by atoms with van der Waals surface area (Å²) in [6.45, 7) is 4.47. The second kappa shape index (κ2) is 5.12. The maximum atomic E-state index is 11.1. The Morgan fingerprint density at radius 3 is 2.75 bits per heavy atom. The summed E-state index contributed by atoms with van der Waals surface area (Å²) in [4.78, 5) is 11.1. The first kappa shape index (κ1) is 11.1. The van der Waals surface area contributed by atoms with Gasteiger partial charge >= 0.3 is 0 Å². The summed E-state index contributed by atoms with van der Waals surface area (Å²) in [6, 6.07) is 7.34. The molecule has 0 aliphatic carbocycles. The molecule has 86 valence electrons. The van der Waals surface area contributed by atoms with Gasteiger partial charge in [-0.15, -0.1) is 0 Å². The zero-order chi connectivity index (χ0) is 11.4. The van der Waals surface area contributed by atoms with E-state index < -0.39 is 0 Å². The highest BCUT2D eigenvalue weighted by molar-refractivity contribution is 5.94. The van der Waals surface area contributed by atoms with Crippen LogP contribution in [-0.2, 0) is 0 Å². The van der Waals surface area contributed by atoms with Crippen molar-refractivity contribution in [3.8, 4) is 5.75 Å². The molecule has 3 heteroatoms. The SMILES string of the molecule is CC(=O)c1ccc(OC[C@@H]2CCNC2)cc1. The van der Waals surface area contributed by atoms with Crippen molar-refractivity contribution < 1.29 is 9.53 Å². The fourth-order valence-electron chi connectivity index (χ4n) is 1.86. The summed E-state index contributed by atoms with van der Waals surface area (Å²) in [5, 5.41) is 3.31. The Morgan fingerprint density at radius 2 is 2.19 bits per heavy atom. The van der Waals surface area contributed by atoms with E-state index in [0.717, 1.165) is 31.0 Å². The molecule has 16 heavy (non-hydrogen) atoms. The maximum absolute atomic E-state index is 11.1. The predicted molar refractivity (Wildman–Crippen MR) is 62.9 cm³/mol. The standard InChI is InChI=1S/C13H17NO2/c1-10(15)12-2-4-13(5-3-12)16-9-11-6-7-14-8-11/h2-5,11,14H,6-9H2,1H3/t11-/m1/s1. The van der Waals surface area contributed by atoms with E-state index in [2.05, 4.69) is 5.32 Å². The van der Waals surface area contributed by atoms with E-state index in [-0.39, 0.29) is 5.78 Å². The van der Waals surface area contributed by atoms with Crippen molar-refractivity contribution in [1.29, 1.82) is 0 Å². The number of ketones is 1. The minimum atomic E-state index is 0.0894. The molecule has 0 aromatic heterocycles. The van der Waals surface area contributed by atoms with Crippen molar-refractivity contribution in [1.82, 2.24) is 5.32 Å². The fraction of sp³-hybridized carbons (Fsp3) is 0.462. The van der Waals surface area contributed by atoms with Gasteiger partial charge in [-0.05, 0) is 44.2 Å². The molecule has 1 atom stereocenters. The predicted octanol–water partition coefficient (Wildman–Crippen LogP) is 1.88. The monoisotopic (exact) mass is 219 g/mol. The number of hydrogen-bond donors (Lipinski definition) is 1. The molecule has 1 heterocycles. The summed E-state index contributed by atoms with van der Waals surface area (Å²) in [5.41, 5.74) is 0.731. The van der Waals surface area contributed by atoms with Crippen molar-refractivity contribution in [3.63, 3.8) is 0 Å². The summed E-state index contributed by atoms with van der Waals surface area (Å²) in [6.07, 6.45) is 1.19. The smallest absolute Gasteiger partial charge is 0.159 e. The lowest BCUT2D eigenvalue weighted by Crippen LogP contribution is -2.15. The highest BCUT2D eigenvalue weighted by atomic mass is 16.5. The average molecular weight is 219 g/mol. The van der Waals surface area contributed by atoms with Crippen molar-refractivity contribution in [2.45, 2.75) is 13.3 Å². The van der Waals surface area contributed by atoms with Gasteiger partial charge < -0.3 is 10.1 Å². The normalized spacial score (nSPS) is 19.7. The van der Waals surface area contributed by atoms with Gasteiger partial charge in [0.2, 0.25) is 0 Å². The lowest BCUT2D eigenvalue weighted by molar-refractivity contribution is 0.101. The number of hydrogen-bond acceptors (Lipinski definition) is 3. The second-order valence-electron chi connectivity index (χ2n) is 4.25. The van der Waals surface area contributed by atoms with E-state index in [4.69, 9.17) is 4.74 Å². The topological polar surface area (TPSA) is 38.3 Å². The molecular weight excluding hydrogens is 202 g/mol. The third-order valence-electron chi connectivity index (χ3n) is 2.91. The van der Waals surface area contributed by atoms with Gasteiger partial charge in [-0.3, -0.25) is 4.79 Å². The van der Waals surface area contributed by atoms with Gasteiger partial charge in [-0.1, -0.05) is 0 Å². The van der Waals surface area contributed by atoms with Gasteiger partial charge in [0.1, 0.15) is 5.75 Å². The molecule has 1 fully saturated rings. The number of ether oxygens (including phenoxy) is 1. The first-order valence-corrected chi connectivity index (χ1v) is 5.70. The maximum Gasteiger partial charge on any atom is 0.159 e. The van der Waals surface area contributed by atoms with Crippen LogP contribution in [0.25, 0.3) is 0 Å². The number of rotatable bonds is 4. The Balaban J connectivity index is 1.87. The molecule has 0 radical (unpaired) electrons. The third-order valence-corrected chi connectivity index (χ3v) is 2.91. The number of carbonyl (C=O) groups is 1. The van der Waals surface area contributed by atoms with Crippen LogP contribution in [0.4, 0.5) is 0 Å². The second-order valence-corrected chi connectivity index (χ2v) is 4.25. The van der Waals surface area contributed by atoms with Crippen LogP contribution in [0.5, 0.6) is 5.75 Å². The molecule has 1 saturated heterocycles. The van der Waals surface area contributed by atoms with Gasteiger partial charge in [0, 0.05) is 18.0 Å². The molecule has 1 aromatic rings. The van der Waals surface area contributed by atoms with E-state index in [1.807, 2.05) is 24.3 Å². The van der Waals surface area contributed by atoms with Crippen LogP contribution in [-0.4, -0.2) is 25.5 Å². The minimum absolute atomic E-state index is 0.0894. The first-order valence-electron chi connectivity index (χ1n) is 5.70. The van der Waals surface area contributed by atoms with Crippen LogP contribution in [0.15, 0.2) is 24.3 Å². The number of nitrogens with one attached hydrogen (secondary N) is 1. The van der Waals surface area contributed by atoms with Crippen LogP contribution in [0, 0.1) is 5.92 Å². The van der Waals surface area contributed by atoms with Crippen molar-refractivity contribution in [2.24, 2.45) is 5.92 Å². The molecule has 3 nitrogen and oxygen atoms in total. The third kappa shape index (κ3) is 2.83. The van der Waals surface area contributed by atoms with Crippen molar-refractivity contribution >= 4 is 5.78 Å². The van der Waals surface area contributed by atoms with Crippen LogP contribution < -0.4 is 10.1 Å². The number of benzene rings is 1. The number of carbonyl (C=O) groups excluding carboxylic acids is 1. The average Bonchev–Trinajstić information content (AvgIpc) is 2.80. The van der Waals surface area contributed by atoms with E-state index in [0.29, 0.717) is 5.92 Å². The minimum Gasteiger partial charge on any atom is -0.493 e. The van der Waals surface area contributed by atoms with Gasteiger partial charge in [0.05, 0.1) is 6.61 Å².